The Morgan fingerprint density at radius 3 is 2.86 bits per heavy atom. The van der Waals surface area contributed by atoms with Crippen molar-refractivity contribution in [2.24, 2.45) is 0 Å². The zero-order valence-corrected chi connectivity index (χ0v) is 14.6. The molecule has 2 N–H and O–H groups in total. The lowest BCUT2D eigenvalue weighted by Crippen LogP contribution is -2.35. The fourth-order valence-electron chi connectivity index (χ4n) is 2.23. The molecule has 0 aliphatic rings. The second-order valence-electron chi connectivity index (χ2n) is 5.39. The lowest BCUT2D eigenvalue weighted by atomic mass is 10.1. The summed E-state index contributed by atoms with van der Waals surface area (Å²) in [4.78, 5) is 15.1. The SMILES string of the molecule is CSCCC(C)N(C)C(=O)c1sc2ccc(C)cc2c1N. The Bertz CT molecular complexity index is 651. The van der Waals surface area contributed by atoms with Gasteiger partial charge in [0.25, 0.3) is 5.91 Å². The van der Waals surface area contributed by atoms with Gasteiger partial charge in [0, 0.05) is 23.2 Å². The molecule has 1 unspecified atom stereocenters. The van der Waals surface area contributed by atoms with Crippen molar-refractivity contribution >= 4 is 44.8 Å². The zero-order valence-electron chi connectivity index (χ0n) is 13.0. The Balaban J connectivity index is 2.29. The van der Waals surface area contributed by atoms with Crippen molar-refractivity contribution in [2.75, 3.05) is 24.8 Å². The molecule has 0 aliphatic heterocycles. The molecule has 114 valence electrons. The molecule has 1 aromatic carbocycles. The summed E-state index contributed by atoms with van der Waals surface area (Å²) in [5.74, 6) is 1.08. The molecule has 0 aliphatic carbocycles. The minimum atomic E-state index is 0.0277. The highest BCUT2D eigenvalue weighted by Gasteiger charge is 2.22. The number of anilines is 1. The first-order valence-corrected chi connectivity index (χ1v) is 9.21. The van der Waals surface area contributed by atoms with E-state index in [4.69, 9.17) is 5.73 Å². The highest BCUT2D eigenvalue weighted by molar-refractivity contribution is 7.98. The van der Waals surface area contributed by atoms with Gasteiger partial charge in [-0.15, -0.1) is 11.3 Å². The van der Waals surface area contributed by atoms with E-state index in [2.05, 4.69) is 25.3 Å². The van der Waals surface area contributed by atoms with Gasteiger partial charge in [0.1, 0.15) is 4.88 Å². The van der Waals surface area contributed by atoms with E-state index in [0.717, 1.165) is 27.8 Å². The summed E-state index contributed by atoms with van der Waals surface area (Å²) in [6.45, 7) is 4.12. The number of benzene rings is 1. The summed E-state index contributed by atoms with van der Waals surface area (Å²) in [7, 11) is 1.86. The fraction of sp³-hybridized carbons (Fsp3) is 0.438. The molecular weight excluding hydrogens is 300 g/mol. The molecular formula is C16H22N2OS2. The Hall–Kier alpha value is -1.20. The maximum Gasteiger partial charge on any atom is 0.266 e. The van der Waals surface area contributed by atoms with Crippen molar-refractivity contribution in [3.63, 3.8) is 0 Å². The molecule has 0 saturated carbocycles. The second kappa shape index (κ2) is 6.71. The molecule has 0 saturated heterocycles. The van der Waals surface area contributed by atoms with Crippen LogP contribution in [0.3, 0.4) is 0 Å². The first-order chi connectivity index (χ1) is 9.95. The van der Waals surface area contributed by atoms with Gasteiger partial charge in [0.05, 0.1) is 5.69 Å². The van der Waals surface area contributed by atoms with Crippen LogP contribution in [0.15, 0.2) is 18.2 Å². The predicted molar refractivity (Wildman–Crippen MR) is 95.5 cm³/mol. The molecule has 1 heterocycles. The van der Waals surface area contributed by atoms with Gasteiger partial charge < -0.3 is 10.6 Å². The van der Waals surface area contributed by atoms with Gasteiger partial charge >= 0.3 is 0 Å². The van der Waals surface area contributed by atoms with Crippen LogP contribution in [-0.4, -0.2) is 35.9 Å². The van der Waals surface area contributed by atoms with E-state index in [1.165, 1.54) is 11.3 Å². The van der Waals surface area contributed by atoms with Crippen LogP contribution in [-0.2, 0) is 0 Å². The van der Waals surface area contributed by atoms with Crippen LogP contribution in [0.25, 0.3) is 10.1 Å². The summed E-state index contributed by atoms with van der Waals surface area (Å²) in [6.07, 6.45) is 3.08. The summed E-state index contributed by atoms with van der Waals surface area (Å²) in [6, 6.07) is 6.36. The van der Waals surface area contributed by atoms with Crippen molar-refractivity contribution in [3.05, 3.63) is 28.6 Å². The number of thioether (sulfide) groups is 1. The average molecular weight is 322 g/mol. The molecule has 1 aromatic heterocycles. The third-order valence-corrected chi connectivity index (χ3v) is 5.62. The number of thiophene rings is 1. The predicted octanol–water partition coefficient (Wildman–Crippen LogP) is 4.01. The molecule has 0 spiro atoms. The van der Waals surface area contributed by atoms with Crippen molar-refractivity contribution in [1.29, 1.82) is 0 Å². The maximum atomic E-state index is 12.7. The van der Waals surface area contributed by atoms with Crippen molar-refractivity contribution in [2.45, 2.75) is 26.3 Å². The lowest BCUT2D eigenvalue weighted by Gasteiger charge is -2.24. The van der Waals surface area contributed by atoms with Gasteiger partial charge in [-0.2, -0.15) is 11.8 Å². The molecule has 2 aromatic rings. The fourth-order valence-corrected chi connectivity index (χ4v) is 3.89. The first-order valence-electron chi connectivity index (χ1n) is 7.00. The van der Waals surface area contributed by atoms with Gasteiger partial charge in [0.15, 0.2) is 0 Å². The van der Waals surface area contributed by atoms with Gasteiger partial charge in [0.2, 0.25) is 0 Å². The number of amides is 1. The first kappa shape index (κ1) is 16.2. The molecule has 0 radical (unpaired) electrons. The smallest absolute Gasteiger partial charge is 0.266 e. The van der Waals surface area contributed by atoms with E-state index in [1.807, 2.05) is 24.9 Å². The normalized spacial score (nSPS) is 12.6. The molecule has 1 atom stereocenters. The van der Waals surface area contributed by atoms with E-state index in [9.17, 15) is 4.79 Å². The van der Waals surface area contributed by atoms with Crippen molar-refractivity contribution in [3.8, 4) is 0 Å². The Morgan fingerprint density at radius 1 is 1.48 bits per heavy atom. The number of hydrogen-bond donors (Lipinski definition) is 1. The number of nitrogen functional groups attached to an aromatic ring is 1. The monoisotopic (exact) mass is 322 g/mol. The number of nitrogens with zero attached hydrogens (tertiary/aromatic N) is 1. The van der Waals surface area contributed by atoms with Crippen LogP contribution in [0.2, 0.25) is 0 Å². The van der Waals surface area contributed by atoms with Crippen LogP contribution in [0.1, 0.15) is 28.6 Å². The Morgan fingerprint density at radius 2 is 2.19 bits per heavy atom. The molecule has 2 rings (SSSR count). The highest BCUT2D eigenvalue weighted by Crippen LogP contribution is 2.35. The van der Waals surface area contributed by atoms with Gasteiger partial charge in [-0.3, -0.25) is 4.79 Å². The molecule has 5 heteroatoms. The van der Waals surface area contributed by atoms with Crippen molar-refractivity contribution in [1.82, 2.24) is 4.90 Å². The summed E-state index contributed by atoms with van der Waals surface area (Å²) >= 11 is 3.29. The number of rotatable bonds is 5. The van der Waals surface area contributed by atoms with Crippen LogP contribution in [0.4, 0.5) is 5.69 Å². The Kier molecular flexibility index (Phi) is 5.17. The average Bonchev–Trinajstić information content (AvgIpc) is 2.80. The largest absolute Gasteiger partial charge is 0.397 e. The third-order valence-electron chi connectivity index (χ3n) is 3.80. The minimum absolute atomic E-state index is 0.0277. The number of aryl methyl sites for hydroxylation is 1. The second-order valence-corrected chi connectivity index (χ2v) is 7.43. The lowest BCUT2D eigenvalue weighted by molar-refractivity contribution is 0.0747. The molecule has 1 amide bonds. The molecule has 0 fully saturated rings. The minimum Gasteiger partial charge on any atom is -0.397 e. The quantitative estimate of drug-likeness (QED) is 0.905. The zero-order chi connectivity index (χ0) is 15.6. The summed E-state index contributed by atoms with van der Waals surface area (Å²) in [5.41, 5.74) is 7.98. The number of carbonyl (C=O) groups excluding carboxylic acids is 1. The number of hydrogen-bond acceptors (Lipinski definition) is 4. The number of fused-ring (bicyclic) bond motifs is 1. The summed E-state index contributed by atoms with van der Waals surface area (Å²) < 4.78 is 1.08. The third kappa shape index (κ3) is 3.35. The summed E-state index contributed by atoms with van der Waals surface area (Å²) in [5, 5.41) is 0.994. The van der Waals surface area contributed by atoms with Gasteiger partial charge in [-0.25, -0.2) is 0 Å². The van der Waals surface area contributed by atoms with E-state index in [0.29, 0.717) is 10.6 Å². The van der Waals surface area contributed by atoms with Crippen LogP contribution < -0.4 is 5.73 Å². The van der Waals surface area contributed by atoms with E-state index in [-0.39, 0.29) is 11.9 Å². The molecule has 0 bridgehead atoms. The van der Waals surface area contributed by atoms with Gasteiger partial charge in [-0.1, -0.05) is 11.6 Å². The Labute approximate surface area is 134 Å². The van der Waals surface area contributed by atoms with Crippen LogP contribution in [0.5, 0.6) is 0 Å². The van der Waals surface area contributed by atoms with Crippen molar-refractivity contribution < 1.29 is 4.79 Å². The topological polar surface area (TPSA) is 46.3 Å². The number of carbonyl (C=O) groups is 1. The van der Waals surface area contributed by atoms with E-state index < -0.39 is 0 Å². The maximum absolute atomic E-state index is 12.7. The van der Waals surface area contributed by atoms with E-state index in [1.54, 1.807) is 11.8 Å². The van der Waals surface area contributed by atoms with E-state index >= 15 is 0 Å². The molecule has 21 heavy (non-hydrogen) atoms. The van der Waals surface area contributed by atoms with Crippen LogP contribution >= 0.6 is 23.1 Å². The highest BCUT2D eigenvalue weighted by atomic mass is 32.2. The number of nitrogens with two attached hydrogens (primary N) is 1. The van der Waals surface area contributed by atoms with Crippen LogP contribution in [0, 0.1) is 6.92 Å². The molecule has 3 nitrogen and oxygen atoms in total. The van der Waals surface area contributed by atoms with Gasteiger partial charge in [-0.05, 0) is 44.4 Å². The standard InChI is InChI=1S/C16H22N2OS2/c1-10-5-6-13-12(9-10)14(17)15(21-13)16(19)18(3)11(2)7-8-20-4/h5-6,9,11H,7-8,17H2,1-4H3.